The average molecular weight is 887 g/mol. The second kappa shape index (κ2) is 50.5. The SMILES string of the molecule is CCCCCCCCCCCCCCCCCCCCCCCCCCCCCCCC(=O)O[C@H](COCCCCCCCCCCCCCCCCCC)COP(=O)(O)O. The zero-order valence-electron chi connectivity index (χ0n) is 41.1. The average Bonchev–Trinajstić information content (AvgIpc) is 3.24. The van der Waals surface area contributed by atoms with Crippen LogP contribution in [0.15, 0.2) is 0 Å². The Labute approximate surface area is 380 Å². The van der Waals surface area contributed by atoms with Crippen LogP contribution in [0.3, 0.4) is 0 Å². The minimum atomic E-state index is -4.65. The third-order valence-corrected chi connectivity index (χ3v) is 13.1. The molecule has 0 saturated carbocycles. The molecule has 1 atom stereocenters. The quantitative estimate of drug-likeness (QED) is 0.0356. The monoisotopic (exact) mass is 887 g/mol. The fourth-order valence-corrected chi connectivity index (χ4v) is 8.98. The van der Waals surface area contributed by atoms with Crippen molar-refractivity contribution in [2.45, 2.75) is 315 Å². The van der Waals surface area contributed by atoms with Gasteiger partial charge in [-0.25, -0.2) is 4.57 Å². The first-order chi connectivity index (χ1) is 29.9. The van der Waals surface area contributed by atoms with Crippen molar-refractivity contribution in [3.05, 3.63) is 0 Å². The summed E-state index contributed by atoms with van der Waals surface area (Å²) in [5.74, 6) is -0.352. The molecule has 0 aliphatic carbocycles. The summed E-state index contributed by atoms with van der Waals surface area (Å²) in [5.41, 5.74) is 0. The van der Waals surface area contributed by atoms with Gasteiger partial charge in [0.25, 0.3) is 0 Å². The summed E-state index contributed by atoms with van der Waals surface area (Å²) >= 11 is 0. The van der Waals surface area contributed by atoms with Gasteiger partial charge in [-0.2, -0.15) is 0 Å². The Bertz CT molecular complexity index is 896. The highest BCUT2D eigenvalue weighted by atomic mass is 31.2. The number of ether oxygens (including phenoxy) is 2. The molecular formula is C53H107O7P. The van der Waals surface area contributed by atoms with Gasteiger partial charge in [-0.15, -0.1) is 0 Å². The highest BCUT2D eigenvalue weighted by Crippen LogP contribution is 2.36. The molecule has 0 aliphatic rings. The van der Waals surface area contributed by atoms with E-state index in [0.717, 1.165) is 32.1 Å². The van der Waals surface area contributed by atoms with E-state index in [1.165, 1.54) is 257 Å². The van der Waals surface area contributed by atoms with Gasteiger partial charge in [-0.1, -0.05) is 290 Å². The topological polar surface area (TPSA) is 102 Å². The van der Waals surface area contributed by atoms with Gasteiger partial charge < -0.3 is 19.3 Å². The molecule has 61 heavy (non-hydrogen) atoms. The molecule has 0 aromatic carbocycles. The third kappa shape index (κ3) is 53.8. The molecule has 0 aliphatic heterocycles. The number of phosphoric acid groups is 1. The molecule has 0 rings (SSSR count). The van der Waals surface area contributed by atoms with Crippen molar-refractivity contribution in [1.82, 2.24) is 0 Å². The number of unbranched alkanes of at least 4 members (excludes halogenated alkanes) is 43. The molecule has 0 amide bonds. The molecule has 0 saturated heterocycles. The van der Waals surface area contributed by atoms with Crippen LogP contribution in [0.25, 0.3) is 0 Å². The molecular weight excluding hydrogens is 780 g/mol. The van der Waals surface area contributed by atoms with Gasteiger partial charge >= 0.3 is 13.8 Å². The van der Waals surface area contributed by atoms with Crippen LogP contribution in [-0.4, -0.2) is 41.7 Å². The molecule has 0 unspecified atom stereocenters. The van der Waals surface area contributed by atoms with Crippen LogP contribution in [0.1, 0.15) is 309 Å². The Hall–Kier alpha value is -0.460. The van der Waals surface area contributed by atoms with E-state index >= 15 is 0 Å². The van der Waals surface area contributed by atoms with Gasteiger partial charge in [0.2, 0.25) is 0 Å². The van der Waals surface area contributed by atoms with Crippen molar-refractivity contribution in [3.63, 3.8) is 0 Å². The lowest BCUT2D eigenvalue weighted by Gasteiger charge is -2.18. The maximum absolute atomic E-state index is 12.5. The van der Waals surface area contributed by atoms with Crippen molar-refractivity contribution in [2.24, 2.45) is 0 Å². The summed E-state index contributed by atoms with van der Waals surface area (Å²) in [4.78, 5) is 30.8. The second-order valence-corrected chi connectivity index (χ2v) is 20.2. The highest BCUT2D eigenvalue weighted by molar-refractivity contribution is 7.46. The smallest absolute Gasteiger partial charge is 0.457 e. The Kier molecular flexibility index (Phi) is 50.2. The van der Waals surface area contributed by atoms with Gasteiger partial charge in [0.1, 0.15) is 6.10 Å². The van der Waals surface area contributed by atoms with Crippen molar-refractivity contribution in [3.8, 4) is 0 Å². The molecule has 0 aromatic heterocycles. The maximum atomic E-state index is 12.5. The number of esters is 1. The molecule has 0 bridgehead atoms. The zero-order chi connectivity index (χ0) is 44.4. The van der Waals surface area contributed by atoms with Gasteiger partial charge in [0.15, 0.2) is 0 Å². The standard InChI is InChI=1S/C53H107O7P/c1-3-5-7-9-11-13-15-17-19-21-22-23-24-25-26-27-28-29-30-31-32-33-34-36-38-40-42-44-46-48-53(54)60-52(51-59-61(55,56)57)50-58-49-47-45-43-41-39-37-35-20-18-16-14-12-10-8-6-4-2/h52H,3-51H2,1-2H3,(H2,55,56,57)/t52-/m1/s1. The van der Waals surface area contributed by atoms with E-state index in [-0.39, 0.29) is 19.2 Å². The maximum Gasteiger partial charge on any atom is 0.469 e. The first kappa shape index (κ1) is 60.5. The van der Waals surface area contributed by atoms with Crippen molar-refractivity contribution >= 4 is 13.8 Å². The van der Waals surface area contributed by atoms with Crippen molar-refractivity contribution < 1.29 is 33.1 Å². The number of hydrogen-bond donors (Lipinski definition) is 2. The summed E-state index contributed by atoms with van der Waals surface area (Å²) < 4.78 is 27.2. The highest BCUT2D eigenvalue weighted by Gasteiger charge is 2.21. The van der Waals surface area contributed by atoms with E-state index in [2.05, 4.69) is 18.4 Å². The number of rotatable bonds is 53. The molecule has 8 heteroatoms. The number of phosphoric ester groups is 1. The molecule has 366 valence electrons. The van der Waals surface area contributed by atoms with Gasteiger partial charge in [0.05, 0.1) is 13.2 Å². The predicted octanol–water partition coefficient (Wildman–Crippen LogP) is 18.0. The Morgan fingerprint density at radius 1 is 0.377 bits per heavy atom. The number of carbonyl (C=O) groups is 1. The normalized spacial score (nSPS) is 12.4. The molecule has 0 aromatic rings. The summed E-state index contributed by atoms with van der Waals surface area (Å²) in [7, 11) is -4.65. The fourth-order valence-electron chi connectivity index (χ4n) is 8.62. The lowest BCUT2D eigenvalue weighted by atomic mass is 10.0. The lowest BCUT2D eigenvalue weighted by Crippen LogP contribution is -2.28. The van der Waals surface area contributed by atoms with Gasteiger partial charge in [-0.05, 0) is 12.8 Å². The van der Waals surface area contributed by atoms with E-state index in [1.807, 2.05) is 0 Å². The Morgan fingerprint density at radius 3 is 0.885 bits per heavy atom. The van der Waals surface area contributed by atoms with Gasteiger partial charge in [0, 0.05) is 13.0 Å². The first-order valence-corrected chi connectivity index (χ1v) is 28.9. The van der Waals surface area contributed by atoms with Crippen molar-refractivity contribution in [2.75, 3.05) is 19.8 Å². The second-order valence-electron chi connectivity index (χ2n) is 18.9. The van der Waals surface area contributed by atoms with Crippen LogP contribution in [0.4, 0.5) is 0 Å². The van der Waals surface area contributed by atoms with E-state index in [0.29, 0.717) is 13.0 Å². The van der Waals surface area contributed by atoms with Crippen LogP contribution >= 0.6 is 7.82 Å². The largest absolute Gasteiger partial charge is 0.469 e. The fraction of sp³-hybridized carbons (Fsp3) is 0.981. The molecule has 2 N–H and O–H groups in total. The summed E-state index contributed by atoms with van der Waals surface area (Å²) in [6.07, 6.45) is 60.0. The van der Waals surface area contributed by atoms with Gasteiger partial charge in [-0.3, -0.25) is 9.32 Å². The Balaban J connectivity index is 3.58. The summed E-state index contributed by atoms with van der Waals surface area (Å²) in [6, 6.07) is 0. The molecule has 7 nitrogen and oxygen atoms in total. The minimum Gasteiger partial charge on any atom is -0.457 e. The lowest BCUT2D eigenvalue weighted by molar-refractivity contribution is -0.154. The summed E-state index contributed by atoms with van der Waals surface area (Å²) in [5, 5.41) is 0. The zero-order valence-corrected chi connectivity index (χ0v) is 42.0. The first-order valence-electron chi connectivity index (χ1n) is 27.4. The number of carbonyl (C=O) groups excluding carboxylic acids is 1. The van der Waals surface area contributed by atoms with E-state index in [4.69, 9.17) is 19.3 Å². The van der Waals surface area contributed by atoms with Crippen LogP contribution < -0.4 is 0 Å². The molecule has 0 fully saturated rings. The van der Waals surface area contributed by atoms with E-state index in [9.17, 15) is 9.36 Å². The van der Waals surface area contributed by atoms with E-state index in [1.54, 1.807) is 0 Å². The summed E-state index contributed by atoms with van der Waals surface area (Å²) in [6.45, 7) is 4.84. The molecule has 0 spiro atoms. The molecule has 0 radical (unpaired) electrons. The van der Waals surface area contributed by atoms with Crippen LogP contribution in [0.5, 0.6) is 0 Å². The van der Waals surface area contributed by atoms with Crippen LogP contribution in [-0.2, 0) is 23.4 Å². The van der Waals surface area contributed by atoms with Crippen LogP contribution in [0.2, 0.25) is 0 Å². The number of hydrogen-bond acceptors (Lipinski definition) is 5. The third-order valence-electron chi connectivity index (χ3n) is 12.7. The predicted molar refractivity (Wildman–Crippen MR) is 262 cm³/mol. The van der Waals surface area contributed by atoms with E-state index < -0.39 is 13.9 Å². The minimum absolute atomic E-state index is 0.0874. The molecule has 0 heterocycles. The Morgan fingerprint density at radius 2 is 0.623 bits per heavy atom. The van der Waals surface area contributed by atoms with Crippen molar-refractivity contribution in [1.29, 1.82) is 0 Å². The van der Waals surface area contributed by atoms with Crippen LogP contribution in [0, 0.1) is 0 Å².